The van der Waals surface area contributed by atoms with Gasteiger partial charge in [0.1, 0.15) is 0 Å². The molecule has 5 aliphatic heterocycles. The summed E-state index contributed by atoms with van der Waals surface area (Å²) in [6, 6.07) is 0. The van der Waals surface area contributed by atoms with Gasteiger partial charge in [0, 0.05) is 39.5 Å². The first-order valence-corrected chi connectivity index (χ1v) is 7.65. The fourth-order valence-electron chi connectivity index (χ4n) is 0.831. The first kappa shape index (κ1) is 16.9. The van der Waals surface area contributed by atoms with Crippen molar-refractivity contribution in [1.29, 1.82) is 0 Å². The summed E-state index contributed by atoms with van der Waals surface area (Å²) in [6.07, 6.45) is 5.22. The van der Waals surface area contributed by atoms with Crippen molar-refractivity contribution < 1.29 is 14.2 Å². The summed E-state index contributed by atoms with van der Waals surface area (Å²) in [4.78, 5) is 0. The maximum Gasteiger partial charge on any atom is 0.0701 e. The molecule has 0 spiro atoms. The molecule has 5 rings (SSSR count). The highest BCUT2D eigenvalue weighted by Gasteiger charge is 1.95. The number of epoxide rings is 1. The summed E-state index contributed by atoms with van der Waals surface area (Å²) in [5.74, 6) is 0. The molecule has 5 heterocycles. The molecular weight excluding hydrogens is 244 g/mol. The largest absolute Gasteiger partial charge is 0.381 e. The van der Waals surface area contributed by atoms with Crippen LogP contribution in [0.25, 0.3) is 0 Å². The summed E-state index contributed by atoms with van der Waals surface area (Å²) in [6.45, 7) is 11.0. The third-order valence-electron chi connectivity index (χ3n) is 2.57. The summed E-state index contributed by atoms with van der Waals surface area (Å²) in [7, 11) is 0. The van der Waals surface area contributed by atoms with Crippen molar-refractivity contribution in [3.05, 3.63) is 0 Å². The fourth-order valence-corrected chi connectivity index (χ4v) is 0.831. The molecule has 0 aromatic rings. The van der Waals surface area contributed by atoms with E-state index in [0.717, 1.165) is 39.6 Å². The summed E-state index contributed by atoms with van der Waals surface area (Å²) < 4.78 is 14.2. The number of hydrogen-bond donors (Lipinski definition) is 2. The molecule has 0 saturated carbocycles. The smallest absolute Gasteiger partial charge is 0.0701 e. The molecule has 0 amide bonds. The molecule has 0 bridgehead atoms. The quantitative estimate of drug-likeness (QED) is 0.639. The number of nitrogens with one attached hydrogen (secondary N) is 2. The van der Waals surface area contributed by atoms with Gasteiger partial charge >= 0.3 is 0 Å². The average molecular weight is 274 g/mol. The van der Waals surface area contributed by atoms with E-state index in [2.05, 4.69) is 15.4 Å². The SMILES string of the molecule is C1CCOC1.C1CN1.C1CNC1.C1CO1.C1COC1. The second-order valence-corrected chi connectivity index (χ2v) is 4.75. The molecule has 5 nitrogen and oxygen atoms in total. The lowest BCUT2D eigenvalue weighted by Crippen LogP contribution is -2.29. The Morgan fingerprint density at radius 3 is 0.842 bits per heavy atom. The van der Waals surface area contributed by atoms with E-state index in [-0.39, 0.29) is 0 Å². The maximum atomic E-state index is 4.94. The Morgan fingerprint density at radius 2 is 0.789 bits per heavy atom. The van der Waals surface area contributed by atoms with Crippen LogP contribution in [0.1, 0.15) is 25.7 Å². The Labute approximate surface area is 117 Å². The van der Waals surface area contributed by atoms with Crippen LogP contribution in [0.4, 0.5) is 0 Å². The zero-order valence-corrected chi connectivity index (χ0v) is 12.1. The highest BCUT2D eigenvalue weighted by atomic mass is 16.6. The van der Waals surface area contributed by atoms with E-state index in [9.17, 15) is 0 Å². The van der Waals surface area contributed by atoms with Crippen molar-refractivity contribution in [3.8, 4) is 0 Å². The van der Waals surface area contributed by atoms with Crippen LogP contribution in [0.15, 0.2) is 0 Å². The minimum Gasteiger partial charge on any atom is -0.381 e. The van der Waals surface area contributed by atoms with Gasteiger partial charge in [0.25, 0.3) is 0 Å². The standard InChI is InChI=1S/C4H8O.C3H7N.C3H6O.C2H5N.C2H4O/c1-2-4-5-3-1;2*1-2-4-3-1;2*1-2-3-1/h1-4H2;4H,1-3H2;1-3H2;3H,1-2H2;1-2H2. The molecule has 0 atom stereocenters. The van der Waals surface area contributed by atoms with Crippen LogP contribution >= 0.6 is 0 Å². The van der Waals surface area contributed by atoms with Crippen molar-refractivity contribution in [1.82, 2.24) is 10.6 Å². The van der Waals surface area contributed by atoms with E-state index in [0.29, 0.717) is 0 Å². The first-order valence-electron chi connectivity index (χ1n) is 7.65. The van der Waals surface area contributed by atoms with Gasteiger partial charge in [-0.1, -0.05) is 0 Å². The molecule has 5 saturated heterocycles. The van der Waals surface area contributed by atoms with Gasteiger partial charge in [-0.05, 0) is 38.8 Å². The third-order valence-corrected chi connectivity index (χ3v) is 2.57. The molecule has 2 N–H and O–H groups in total. The summed E-state index contributed by atoms with van der Waals surface area (Å²) in [5, 5.41) is 6.11. The Hall–Kier alpha value is -0.200. The van der Waals surface area contributed by atoms with E-state index in [1.807, 2.05) is 0 Å². The average Bonchev–Trinajstić information content (AvgIpc) is 3.13. The van der Waals surface area contributed by atoms with Gasteiger partial charge in [0.15, 0.2) is 0 Å². The monoisotopic (exact) mass is 274 g/mol. The van der Waals surface area contributed by atoms with Crippen LogP contribution in [0, 0.1) is 0 Å². The van der Waals surface area contributed by atoms with Gasteiger partial charge in [-0.3, -0.25) is 0 Å². The molecular formula is C14H30N2O3. The minimum atomic E-state index is 1.00. The number of rotatable bonds is 0. The van der Waals surface area contributed by atoms with Gasteiger partial charge in [0.2, 0.25) is 0 Å². The van der Waals surface area contributed by atoms with Crippen molar-refractivity contribution in [2.24, 2.45) is 0 Å². The third kappa shape index (κ3) is 20.3. The van der Waals surface area contributed by atoms with Crippen molar-refractivity contribution >= 4 is 0 Å². The van der Waals surface area contributed by atoms with Crippen LogP contribution in [0.5, 0.6) is 0 Å². The lowest BCUT2D eigenvalue weighted by atomic mass is 10.3. The minimum absolute atomic E-state index is 1.00. The van der Waals surface area contributed by atoms with Crippen molar-refractivity contribution in [2.75, 3.05) is 65.8 Å². The molecule has 5 fully saturated rings. The van der Waals surface area contributed by atoms with Crippen LogP contribution in [0.2, 0.25) is 0 Å². The zero-order chi connectivity index (χ0) is 13.4. The van der Waals surface area contributed by atoms with Crippen molar-refractivity contribution in [3.63, 3.8) is 0 Å². The normalized spacial score (nSPS) is 24.0. The molecule has 0 aliphatic carbocycles. The molecule has 0 radical (unpaired) electrons. The van der Waals surface area contributed by atoms with E-state index < -0.39 is 0 Å². The highest BCUT2D eigenvalue weighted by Crippen LogP contribution is 1.98. The zero-order valence-electron chi connectivity index (χ0n) is 12.1. The van der Waals surface area contributed by atoms with Gasteiger partial charge in [-0.25, -0.2) is 0 Å². The predicted molar refractivity (Wildman–Crippen MR) is 76.7 cm³/mol. The Balaban J connectivity index is 0.000000120. The van der Waals surface area contributed by atoms with Gasteiger partial charge in [0.05, 0.1) is 13.2 Å². The molecule has 5 heteroatoms. The molecule has 0 aromatic heterocycles. The second kappa shape index (κ2) is 14.2. The van der Waals surface area contributed by atoms with E-state index in [1.165, 1.54) is 51.9 Å². The Bertz CT molecular complexity index is 131. The first-order chi connectivity index (χ1) is 9.50. The van der Waals surface area contributed by atoms with Gasteiger partial charge in [-0.2, -0.15) is 0 Å². The van der Waals surface area contributed by atoms with Crippen LogP contribution in [0.3, 0.4) is 0 Å². The molecule has 0 unspecified atom stereocenters. The van der Waals surface area contributed by atoms with E-state index in [4.69, 9.17) is 9.47 Å². The maximum absolute atomic E-state index is 4.94. The lowest BCUT2D eigenvalue weighted by molar-refractivity contribution is 0.0367. The lowest BCUT2D eigenvalue weighted by Gasteiger charge is -2.09. The van der Waals surface area contributed by atoms with Crippen LogP contribution < -0.4 is 10.6 Å². The van der Waals surface area contributed by atoms with E-state index >= 15 is 0 Å². The molecule has 114 valence electrons. The fraction of sp³-hybridized carbons (Fsp3) is 1.00. The Kier molecular flexibility index (Phi) is 12.6. The van der Waals surface area contributed by atoms with Crippen LogP contribution in [-0.4, -0.2) is 65.8 Å². The highest BCUT2D eigenvalue weighted by molar-refractivity contribution is 4.58. The molecule has 0 aromatic carbocycles. The van der Waals surface area contributed by atoms with E-state index in [1.54, 1.807) is 0 Å². The Morgan fingerprint density at radius 1 is 0.421 bits per heavy atom. The van der Waals surface area contributed by atoms with Gasteiger partial charge in [-0.15, -0.1) is 0 Å². The van der Waals surface area contributed by atoms with Crippen molar-refractivity contribution in [2.45, 2.75) is 25.7 Å². The number of ether oxygens (including phenoxy) is 3. The van der Waals surface area contributed by atoms with Gasteiger partial charge < -0.3 is 24.8 Å². The predicted octanol–water partition coefficient (Wildman–Crippen LogP) is 0.789. The molecule has 19 heavy (non-hydrogen) atoms. The van der Waals surface area contributed by atoms with Crippen LogP contribution in [-0.2, 0) is 14.2 Å². The number of hydrogen-bond acceptors (Lipinski definition) is 5. The topological polar surface area (TPSA) is 65.0 Å². The molecule has 5 aliphatic rings. The summed E-state index contributed by atoms with van der Waals surface area (Å²) >= 11 is 0. The summed E-state index contributed by atoms with van der Waals surface area (Å²) in [5.41, 5.74) is 0. The second-order valence-electron chi connectivity index (χ2n) is 4.75.